The van der Waals surface area contributed by atoms with Crippen LogP contribution in [0.25, 0.3) is 0 Å². The van der Waals surface area contributed by atoms with E-state index in [1.807, 2.05) is 0 Å². The molecule has 1 saturated heterocycles. The van der Waals surface area contributed by atoms with Gasteiger partial charge in [0.25, 0.3) is 5.91 Å². The maximum Gasteiger partial charge on any atom is 0.328 e. The first-order chi connectivity index (χ1) is 8.63. The van der Waals surface area contributed by atoms with Crippen molar-refractivity contribution in [3.8, 4) is 0 Å². The summed E-state index contributed by atoms with van der Waals surface area (Å²) >= 11 is 0. The Morgan fingerprint density at radius 1 is 1.50 bits per heavy atom. The Hall–Kier alpha value is -1.76. The van der Waals surface area contributed by atoms with Gasteiger partial charge in [-0.25, -0.2) is 4.79 Å². The van der Waals surface area contributed by atoms with E-state index in [4.69, 9.17) is 9.47 Å². The zero-order valence-corrected chi connectivity index (χ0v) is 10.00. The standard InChI is InChI=1S/C11H15NO6/c1-16-11(15)8-4-7(13)5-12(8)10(14)9-6-17-2-3-18-9/h6-8,13H,2-5H2,1H3. The number of hydrogen-bond donors (Lipinski definition) is 1. The molecule has 0 aliphatic carbocycles. The zero-order chi connectivity index (χ0) is 13.1. The van der Waals surface area contributed by atoms with E-state index in [1.54, 1.807) is 0 Å². The van der Waals surface area contributed by atoms with Crippen molar-refractivity contribution in [2.24, 2.45) is 0 Å². The van der Waals surface area contributed by atoms with Crippen LogP contribution in [0.4, 0.5) is 0 Å². The molecular formula is C11H15NO6. The topological polar surface area (TPSA) is 85.3 Å². The van der Waals surface area contributed by atoms with Crippen molar-refractivity contribution in [3.05, 3.63) is 12.0 Å². The number of methoxy groups -OCH3 is 1. The van der Waals surface area contributed by atoms with E-state index in [0.717, 1.165) is 0 Å². The van der Waals surface area contributed by atoms with Gasteiger partial charge in [-0.2, -0.15) is 0 Å². The third-order valence-corrected chi connectivity index (χ3v) is 2.87. The fourth-order valence-electron chi connectivity index (χ4n) is 2.02. The van der Waals surface area contributed by atoms with Crippen LogP contribution in [0.1, 0.15) is 6.42 Å². The number of carbonyl (C=O) groups excluding carboxylic acids is 2. The van der Waals surface area contributed by atoms with Gasteiger partial charge in [0.2, 0.25) is 5.76 Å². The molecule has 0 aromatic rings. The van der Waals surface area contributed by atoms with Crippen LogP contribution in [-0.4, -0.2) is 60.9 Å². The highest BCUT2D eigenvalue weighted by molar-refractivity contribution is 5.95. The number of esters is 1. The molecular weight excluding hydrogens is 242 g/mol. The van der Waals surface area contributed by atoms with Crippen LogP contribution in [0.5, 0.6) is 0 Å². The molecule has 0 radical (unpaired) electrons. The van der Waals surface area contributed by atoms with Gasteiger partial charge in [-0.05, 0) is 0 Å². The molecule has 7 heteroatoms. The second kappa shape index (κ2) is 5.26. The first kappa shape index (κ1) is 12.7. The van der Waals surface area contributed by atoms with Crippen molar-refractivity contribution in [1.82, 2.24) is 4.90 Å². The molecule has 100 valence electrons. The smallest absolute Gasteiger partial charge is 0.328 e. The fraction of sp³-hybridized carbons (Fsp3) is 0.636. The minimum atomic E-state index is -0.774. The van der Waals surface area contributed by atoms with Crippen LogP contribution in [0.2, 0.25) is 0 Å². The lowest BCUT2D eigenvalue weighted by atomic mass is 10.2. The molecule has 7 nitrogen and oxygen atoms in total. The number of nitrogens with zero attached hydrogens (tertiary/aromatic N) is 1. The monoisotopic (exact) mass is 257 g/mol. The number of aliphatic hydroxyl groups excluding tert-OH is 1. The predicted octanol–water partition coefficient (Wildman–Crippen LogP) is -0.991. The van der Waals surface area contributed by atoms with Crippen LogP contribution >= 0.6 is 0 Å². The van der Waals surface area contributed by atoms with Gasteiger partial charge in [0.15, 0.2) is 0 Å². The molecule has 0 aromatic heterocycles. The van der Waals surface area contributed by atoms with E-state index in [1.165, 1.54) is 18.3 Å². The molecule has 18 heavy (non-hydrogen) atoms. The first-order valence-electron chi connectivity index (χ1n) is 5.65. The highest BCUT2D eigenvalue weighted by Gasteiger charge is 2.41. The van der Waals surface area contributed by atoms with Crippen molar-refractivity contribution >= 4 is 11.9 Å². The number of hydrogen-bond acceptors (Lipinski definition) is 6. The molecule has 2 rings (SSSR count). The van der Waals surface area contributed by atoms with Gasteiger partial charge in [-0.15, -0.1) is 0 Å². The van der Waals surface area contributed by atoms with Gasteiger partial charge in [-0.3, -0.25) is 4.79 Å². The summed E-state index contributed by atoms with van der Waals surface area (Å²) < 4.78 is 14.8. The van der Waals surface area contributed by atoms with Crippen LogP contribution in [0.3, 0.4) is 0 Å². The van der Waals surface area contributed by atoms with Gasteiger partial charge in [0, 0.05) is 13.0 Å². The van der Waals surface area contributed by atoms with Gasteiger partial charge < -0.3 is 24.2 Å². The summed E-state index contributed by atoms with van der Waals surface area (Å²) in [5.41, 5.74) is 0. The van der Waals surface area contributed by atoms with E-state index in [0.29, 0.717) is 6.61 Å². The van der Waals surface area contributed by atoms with E-state index < -0.39 is 24.0 Å². The number of carbonyl (C=O) groups is 2. The Morgan fingerprint density at radius 2 is 2.28 bits per heavy atom. The van der Waals surface area contributed by atoms with Gasteiger partial charge >= 0.3 is 5.97 Å². The summed E-state index contributed by atoms with van der Waals surface area (Å²) in [7, 11) is 1.25. The second-order valence-electron chi connectivity index (χ2n) is 4.09. The second-order valence-corrected chi connectivity index (χ2v) is 4.09. The van der Waals surface area contributed by atoms with Crippen molar-refractivity contribution < 1.29 is 28.9 Å². The molecule has 0 aromatic carbocycles. The molecule has 2 aliphatic rings. The average Bonchev–Trinajstić information content (AvgIpc) is 2.80. The average molecular weight is 257 g/mol. The van der Waals surface area contributed by atoms with E-state index in [2.05, 4.69) is 4.74 Å². The largest absolute Gasteiger partial charge is 0.494 e. The third kappa shape index (κ3) is 2.40. The molecule has 1 fully saturated rings. The van der Waals surface area contributed by atoms with Crippen LogP contribution in [-0.2, 0) is 23.8 Å². The molecule has 2 unspecified atom stereocenters. The predicted molar refractivity (Wildman–Crippen MR) is 58.1 cm³/mol. The van der Waals surface area contributed by atoms with Crippen molar-refractivity contribution in [1.29, 1.82) is 0 Å². The Labute approximate surface area is 104 Å². The quantitative estimate of drug-likeness (QED) is 0.639. The van der Waals surface area contributed by atoms with Crippen molar-refractivity contribution in [2.75, 3.05) is 26.9 Å². The van der Waals surface area contributed by atoms with Gasteiger partial charge in [0.1, 0.15) is 25.5 Å². The summed E-state index contributed by atoms with van der Waals surface area (Å²) in [6, 6.07) is -0.774. The maximum absolute atomic E-state index is 12.1. The van der Waals surface area contributed by atoms with Crippen LogP contribution < -0.4 is 0 Å². The number of likely N-dealkylation sites (tertiary alicyclic amines) is 1. The Bertz CT molecular complexity index is 380. The van der Waals surface area contributed by atoms with E-state index in [-0.39, 0.29) is 25.3 Å². The molecule has 0 bridgehead atoms. The summed E-state index contributed by atoms with van der Waals surface area (Å²) in [5, 5.41) is 9.57. The lowest BCUT2D eigenvalue weighted by Crippen LogP contribution is -2.42. The van der Waals surface area contributed by atoms with Crippen molar-refractivity contribution in [3.63, 3.8) is 0 Å². The highest BCUT2D eigenvalue weighted by Crippen LogP contribution is 2.22. The molecule has 1 N–H and O–H groups in total. The van der Waals surface area contributed by atoms with Gasteiger partial charge in [-0.1, -0.05) is 0 Å². The number of ether oxygens (including phenoxy) is 3. The zero-order valence-electron chi connectivity index (χ0n) is 10.00. The molecule has 2 atom stereocenters. The Morgan fingerprint density at radius 3 is 2.89 bits per heavy atom. The van der Waals surface area contributed by atoms with E-state index in [9.17, 15) is 14.7 Å². The lowest BCUT2D eigenvalue weighted by molar-refractivity contribution is -0.151. The van der Waals surface area contributed by atoms with Crippen LogP contribution in [0.15, 0.2) is 12.0 Å². The SMILES string of the molecule is COC(=O)C1CC(O)CN1C(=O)C1=COCCO1. The normalized spacial score (nSPS) is 27.0. The number of aliphatic hydroxyl groups is 1. The molecule has 2 heterocycles. The summed E-state index contributed by atoms with van der Waals surface area (Å²) in [5.74, 6) is -0.969. The fourth-order valence-corrected chi connectivity index (χ4v) is 2.02. The Kier molecular flexibility index (Phi) is 3.71. The Balaban J connectivity index is 2.12. The molecule has 1 amide bonds. The summed E-state index contributed by atoms with van der Waals surface area (Å²) in [4.78, 5) is 24.9. The number of amides is 1. The highest BCUT2D eigenvalue weighted by atomic mass is 16.6. The molecule has 2 aliphatic heterocycles. The number of rotatable bonds is 2. The minimum Gasteiger partial charge on any atom is -0.494 e. The first-order valence-corrected chi connectivity index (χ1v) is 5.65. The summed E-state index contributed by atoms with van der Waals surface area (Å²) in [6.07, 6.45) is 0.667. The molecule has 0 saturated carbocycles. The van der Waals surface area contributed by atoms with Crippen LogP contribution in [0, 0.1) is 0 Å². The third-order valence-electron chi connectivity index (χ3n) is 2.87. The van der Waals surface area contributed by atoms with E-state index >= 15 is 0 Å². The van der Waals surface area contributed by atoms with Crippen molar-refractivity contribution in [2.45, 2.75) is 18.6 Å². The number of β-amino-alcohol motifs (C(OH)–C–C–N with tert-alkyl or cyclic N) is 1. The minimum absolute atomic E-state index is 0.0456. The summed E-state index contributed by atoms with van der Waals surface area (Å²) in [6.45, 7) is 0.760. The molecule has 0 spiro atoms. The van der Waals surface area contributed by atoms with Gasteiger partial charge in [0.05, 0.1) is 13.2 Å². The maximum atomic E-state index is 12.1. The lowest BCUT2D eigenvalue weighted by Gasteiger charge is -2.24.